The molecule has 0 bridgehead atoms. The van der Waals surface area contributed by atoms with Crippen LogP contribution in [0.25, 0.3) is 0 Å². The number of aliphatic hydroxyl groups is 5. The Morgan fingerprint density at radius 2 is 0.934 bits per heavy atom. The number of hydrogen-bond donors (Lipinski definition) is 6. The van der Waals surface area contributed by atoms with Crippen molar-refractivity contribution in [2.45, 2.75) is 262 Å². The fraction of sp³-hybridized carbons (Fsp3) is 0.827. The van der Waals surface area contributed by atoms with Gasteiger partial charge in [-0.15, -0.1) is 0 Å². The Kier molecular flexibility index (Phi) is 39.5. The third-order valence-electron chi connectivity index (χ3n) is 11.9. The summed E-state index contributed by atoms with van der Waals surface area (Å²) in [6, 6.07) is -0.830. The molecule has 7 unspecified atom stereocenters. The molecule has 61 heavy (non-hydrogen) atoms. The summed E-state index contributed by atoms with van der Waals surface area (Å²) in [5, 5.41) is 54.3. The molecular formula is C52H95NO8. The van der Waals surface area contributed by atoms with Crippen LogP contribution in [0.3, 0.4) is 0 Å². The zero-order valence-corrected chi connectivity index (χ0v) is 39.2. The van der Waals surface area contributed by atoms with Crippen LogP contribution in [0.15, 0.2) is 48.6 Å². The number of carbonyl (C=O) groups is 1. The van der Waals surface area contributed by atoms with Gasteiger partial charge in [0.25, 0.3) is 0 Å². The van der Waals surface area contributed by atoms with Gasteiger partial charge in [-0.3, -0.25) is 4.79 Å². The maximum Gasteiger partial charge on any atom is 0.220 e. The number of unbranched alkanes of at least 4 members (excludes halogenated alkanes) is 26. The maximum absolute atomic E-state index is 13.0. The van der Waals surface area contributed by atoms with Crippen LogP contribution >= 0.6 is 0 Å². The van der Waals surface area contributed by atoms with Crippen molar-refractivity contribution in [3.63, 3.8) is 0 Å². The first-order valence-corrected chi connectivity index (χ1v) is 25.4. The fourth-order valence-electron chi connectivity index (χ4n) is 7.77. The number of rotatable bonds is 42. The second-order valence-corrected chi connectivity index (χ2v) is 17.6. The monoisotopic (exact) mass is 862 g/mol. The standard InChI is InChI=1S/C52H95NO8/c1-3-5-7-9-11-13-15-17-19-20-21-22-23-24-25-26-28-29-31-33-35-37-39-41-46(55)45(44-60-52-51(59)50(58)49(57)47(43-54)61-52)53-48(56)42-40-38-36-34-32-30-27-18-16-14-12-10-8-6-4-2/h14,16,25-26,31,33,39,41,45-47,49-52,54-55,57-59H,3-13,15,17-24,27-30,32,34-38,40,42-44H2,1-2H3,(H,53,56)/b16-14-,26-25+,33-31+,41-39+. The molecule has 9 nitrogen and oxygen atoms in total. The summed E-state index contributed by atoms with van der Waals surface area (Å²) >= 11 is 0. The van der Waals surface area contributed by atoms with Crippen LogP contribution in [0.4, 0.5) is 0 Å². The predicted molar refractivity (Wildman–Crippen MR) is 253 cm³/mol. The molecule has 356 valence electrons. The molecule has 1 aliphatic heterocycles. The first-order valence-electron chi connectivity index (χ1n) is 25.4. The predicted octanol–water partition coefficient (Wildman–Crippen LogP) is 11.4. The fourth-order valence-corrected chi connectivity index (χ4v) is 7.77. The molecule has 1 aliphatic rings. The zero-order valence-electron chi connectivity index (χ0n) is 39.2. The van der Waals surface area contributed by atoms with E-state index in [0.29, 0.717) is 6.42 Å². The van der Waals surface area contributed by atoms with Crippen molar-refractivity contribution in [3.05, 3.63) is 48.6 Å². The van der Waals surface area contributed by atoms with E-state index in [1.54, 1.807) is 6.08 Å². The molecule has 0 radical (unpaired) electrons. The highest BCUT2D eigenvalue weighted by atomic mass is 16.7. The normalized spacial score (nSPS) is 20.8. The van der Waals surface area contributed by atoms with Gasteiger partial charge in [-0.25, -0.2) is 0 Å². The summed E-state index contributed by atoms with van der Waals surface area (Å²) < 4.78 is 11.2. The highest BCUT2D eigenvalue weighted by molar-refractivity contribution is 5.76. The third kappa shape index (κ3) is 32.5. The Balaban J connectivity index is 2.34. The Morgan fingerprint density at radius 1 is 0.541 bits per heavy atom. The van der Waals surface area contributed by atoms with Crippen molar-refractivity contribution in [3.8, 4) is 0 Å². The molecule has 0 saturated carbocycles. The van der Waals surface area contributed by atoms with Crippen molar-refractivity contribution >= 4 is 5.91 Å². The number of ether oxygens (including phenoxy) is 2. The van der Waals surface area contributed by atoms with E-state index < -0.39 is 49.5 Å². The minimum Gasteiger partial charge on any atom is -0.394 e. The Bertz CT molecular complexity index is 1090. The van der Waals surface area contributed by atoms with Crippen LogP contribution in [0, 0.1) is 0 Å². The molecule has 1 fully saturated rings. The Morgan fingerprint density at radius 3 is 1.39 bits per heavy atom. The van der Waals surface area contributed by atoms with E-state index >= 15 is 0 Å². The maximum atomic E-state index is 13.0. The quantitative estimate of drug-likeness (QED) is 0.0262. The highest BCUT2D eigenvalue weighted by Gasteiger charge is 2.44. The summed E-state index contributed by atoms with van der Waals surface area (Å²) in [5.74, 6) is -0.197. The van der Waals surface area contributed by atoms with E-state index in [4.69, 9.17) is 9.47 Å². The number of nitrogens with one attached hydrogen (secondary N) is 1. The second-order valence-electron chi connectivity index (χ2n) is 17.6. The SMILES string of the molecule is CCCCCC/C=C\CCCCCCCCCC(=O)NC(COC1OC(CO)C(O)C(O)C1O)C(O)/C=C/CC/C=C/CC/C=C/CCCCCCCCCCCCCCC. The third-order valence-corrected chi connectivity index (χ3v) is 11.9. The number of aliphatic hydroxyl groups excluding tert-OH is 5. The van der Waals surface area contributed by atoms with Gasteiger partial charge < -0.3 is 40.3 Å². The molecule has 7 atom stereocenters. The molecule has 0 aromatic carbocycles. The van der Waals surface area contributed by atoms with Gasteiger partial charge in [0.15, 0.2) is 6.29 Å². The van der Waals surface area contributed by atoms with Crippen molar-refractivity contribution in [1.29, 1.82) is 0 Å². The van der Waals surface area contributed by atoms with E-state index in [1.165, 1.54) is 141 Å². The number of hydrogen-bond acceptors (Lipinski definition) is 8. The second kappa shape index (κ2) is 42.1. The molecule has 0 aromatic heterocycles. The lowest BCUT2D eigenvalue weighted by atomic mass is 9.99. The van der Waals surface area contributed by atoms with E-state index in [0.717, 1.165) is 57.8 Å². The molecule has 0 spiro atoms. The number of allylic oxidation sites excluding steroid dienone is 7. The lowest BCUT2D eigenvalue weighted by Gasteiger charge is -2.40. The van der Waals surface area contributed by atoms with E-state index in [1.807, 2.05) is 6.08 Å². The van der Waals surface area contributed by atoms with Gasteiger partial charge in [-0.2, -0.15) is 0 Å². The molecule has 0 aromatic rings. The topological polar surface area (TPSA) is 149 Å². The van der Waals surface area contributed by atoms with Crippen LogP contribution in [0.5, 0.6) is 0 Å². The molecule has 9 heteroatoms. The van der Waals surface area contributed by atoms with Gasteiger partial charge in [0.2, 0.25) is 5.91 Å². The average molecular weight is 862 g/mol. The molecule has 1 rings (SSSR count). The summed E-state index contributed by atoms with van der Waals surface area (Å²) in [5.41, 5.74) is 0. The smallest absolute Gasteiger partial charge is 0.220 e. The Hall–Kier alpha value is -1.85. The summed E-state index contributed by atoms with van der Waals surface area (Å²) in [6.07, 6.45) is 47.3. The van der Waals surface area contributed by atoms with Gasteiger partial charge in [-0.1, -0.05) is 191 Å². The molecule has 6 N–H and O–H groups in total. The lowest BCUT2D eigenvalue weighted by molar-refractivity contribution is -0.302. The van der Waals surface area contributed by atoms with Gasteiger partial charge in [-0.05, 0) is 70.6 Å². The Labute approximate surface area is 373 Å². The van der Waals surface area contributed by atoms with Crippen LogP contribution in [0.2, 0.25) is 0 Å². The summed E-state index contributed by atoms with van der Waals surface area (Å²) in [4.78, 5) is 13.0. The number of amides is 1. The van der Waals surface area contributed by atoms with Gasteiger partial charge >= 0.3 is 0 Å². The van der Waals surface area contributed by atoms with E-state index in [2.05, 4.69) is 55.6 Å². The zero-order chi connectivity index (χ0) is 44.4. The summed E-state index contributed by atoms with van der Waals surface area (Å²) in [7, 11) is 0. The minimum absolute atomic E-state index is 0.197. The van der Waals surface area contributed by atoms with Crippen molar-refractivity contribution < 1.29 is 39.8 Å². The molecular weight excluding hydrogens is 767 g/mol. The van der Waals surface area contributed by atoms with E-state index in [9.17, 15) is 30.3 Å². The van der Waals surface area contributed by atoms with Crippen molar-refractivity contribution in [2.24, 2.45) is 0 Å². The largest absolute Gasteiger partial charge is 0.394 e. The van der Waals surface area contributed by atoms with Crippen LogP contribution in [-0.4, -0.2) is 87.5 Å². The van der Waals surface area contributed by atoms with Gasteiger partial charge in [0, 0.05) is 6.42 Å². The minimum atomic E-state index is -1.58. The molecule has 1 amide bonds. The van der Waals surface area contributed by atoms with Crippen LogP contribution in [0.1, 0.15) is 219 Å². The first-order chi connectivity index (χ1) is 29.8. The van der Waals surface area contributed by atoms with E-state index in [-0.39, 0.29) is 12.5 Å². The van der Waals surface area contributed by atoms with Gasteiger partial charge in [0.1, 0.15) is 24.4 Å². The summed E-state index contributed by atoms with van der Waals surface area (Å²) in [6.45, 7) is 3.74. The highest BCUT2D eigenvalue weighted by Crippen LogP contribution is 2.22. The average Bonchev–Trinajstić information content (AvgIpc) is 3.26. The van der Waals surface area contributed by atoms with Crippen molar-refractivity contribution in [2.75, 3.05) is 13.2 Å². The lowest BCUT2D eigenvalue weighted by Crippen LogP contribution is -2.60. The molecule has 1 heterocycles. The van der Waals surface area contributed by atoms with Crippen molar-refractivity contribution in [1.82, 2.24) is 5.32 Å². The number of carbonyl (C=O) groups excluding carboxylic acids is 1. The van der Waals surface area contributed by atoms with Crippen LogP contribution < -0.4 is 5.32 Å². The first kappa shape index (κ1) is 57.2. The molecule has 1 saturated heterocycles. The van der Waals surface area contributed by atoms with Crippen LogP contribution in [-0.2, 0) is 14.3 Å². The van der Waals surface area contributed by atoms with Gasteiger partial charge in [0.05, 0.1) is 25.4 Å². The molecule has 0 aliphatic carbocycles.